The van der Waals surface area contributed by atoms with Gasteiger partial charge in [-0.3, -0.25) is 4.79 Å². The molecule has 1 aromatic rings. The number of rotatable bonds is 1. The second-order valence-corrected chi connectivity index (χ2v) is 7.87. The Kier molecular flexibility index (Phi) is 3.20. The fourth-order valence-electron chi connectivity index (χ4n) is 5.55. The fourth-order valence-corrected chi connectivity index (χ4v) is 5.55. The first-order valence-corrected chi connectivity index (χ1v) is 8.85. The van der Waals surface area contributed by atoms with Gasteiger partial charge in [0.25, 0.3) is 0 Å². The molecule has 2 aliphatic heterocycles. The molecule has 23 heavy (non-hydrogen) atoms. The van der Waals surface area contributed by atoms with Crippen LogP contribution in [0.25, 0.3) is 0 Å². The number of hydrogen-bond acceptors (Lipinski definition) is 2. The van der Waals surface area contributed by atoms with Crippen LogP contribution in [0.4, 0.5) is 0 Å². The van der Waals surface area contributed by atoms with E-state index in [1.165, 1.54) is 22.3 Å². The Labute approximate surface area is 138 Å². The van der Waals surface area contributed by atoms with Gasteiger partial charge in [-0.2, -0.15) is 0 Å². The Morgan fingerprint density at radius 3 is 2.74 bits per heavy atom. The molecule has 1 amide bonds. The predicted molar refractivity (Wildman–Crippen MR) is 89.1 cm³/mol. The van der Waals surface area contributed by atoms with E-state index in [2.05, 4.69) is 37.8 Å². The van der Waals surface area contributed by atoms with Crippen LogP contribution < -0.4 is 0 Å². The van der Waals surface area contributed by atoms with Crippen LogP contribution in [0.1, 0.15) is 48.4 Å². The lowest BCUT2D eigenvalue weighted by Crippen LogP contribution is -2.45. The molecule has 3 heteroatoms. The molecule has 1 saturated heterocycles. The first-order chi connectivity index (χ1) is 11.0. The van der Waals surface area contributed by atoms with Crippen LogP contribution in [0.3, 0.4) is 0 Å². The van der Waals surface area contributed by atoms with Crippen molar-refractivity contribution >= 4 is 12.2 Å². The number of benzene rings is 1. The molecule has 0 N–H and O–H groups in total. The molecule has 3 aliphatic rings. The second-order valence-electron chi connectivity index (χ2n) is 7.87. The number of carbonyl (C=O) groups excluding carboxylic acids is 2. The molecule has 0 aromatic heterocycles. The number of nitrogens with zero attached hydrogens (tertiary/aromatic N) is 1. The van der Waals surface area contributed by atoms with Gasteiger partial charge in [-0.25, -0.2) is 0 Å². The number of amides is 1. The third kappa shape index (κ3) is 1.82. The van der Waals surface area contributed by atoms with Crippen molar-refractivity contribution in [3.8, 4) is 0 Å². The molecule has 3 nitrogen and oxygen atoms in total. The number of carbonyl (C=O) groups is 2. The van der Waals surface area contributed by atoms with Gasteiger partial charge in [0.15, 0.2) is 0 Å². The minimum Gasteiger partial charge on any atom is -0.333 e. The van der Waals surface area contributed by atoms with Gasteiger partial charge >= 0.3 is 0 Å². The van der Waals surface area contributed by atoms with Gasteiger partial charge in [0, 0.05) is 24.8 Å². The smallest absolute Gasteiger partial charge is 0.223 e. The molecule has 2 fully saturated rings. The summed E-state index contributed by atoms with van der Waals surface area (Å²) >= 11 is 0. The highest BCUT2D eigenvalue weighted by atomic mass is 16.2. The van der Waals surface area contributed by atoms with Crippen LogP contribution in [0.15, 0.2) is 12.1 Å². The van der Waals surface area contributed by atoms with Gasteiger partial charge in [0.05, 0.1) is 5.54 Å². The molecule has 0 radical (unpaired) electrons. The van der Waals surface area contributed by atoms with Gasteiger partial charge < -0.3 is 9.69 Å². The van der Waals surface area contributed by atoms with E-state index < -0.39 is 0 Å². The zero-order valence-corrected chi connectivity index (χ0v) is 14.3. The Hall–Kier alpha value is -1.64. The van der Waals surface area contributed by atoms with Crippen molar-refractivity contribution in [3.05, 3.63) is 34.4 Å². The van der Waals surface area contributed by atoms with Crippen LogP contribution >= 0.6 is 0 Å². The lowest BCUT2D eigenvalue weighted by atomic mass is 9.76. The average molecular weight is 311 g/mol. The van der Waals surface area contributed by atoms with E-state index in [0.29, 0.717) is 12.3 Å². The maximum absolute atomic E-state index is 12.7. The third-order valence-corrected chi connectivity index (χ3v) is 6.72. The zero-order chi connectivity index (χ0) is 16.4. The molecular weight excluding hydrogens is 286 g/mol. The highest BCUT2D eigenvalue weighted by molar-refractivity contribution is 5.82. The van der Waals surface area contributed by atoms with Crippen LogP contribution in [-0.4, -0.2) is 23.6 Å². The van der Waals surface area contributed by atoms with Crippen molar-refractivity contribution < 1.29 is 9.59 Å². The largest absolute Gasteiger partial charge is 0.333 e. The molecule has 4 atom stereocenters. The molecule has 4 rings (SSSR count). The highest BCUT2D eigenvalue weighted by Crippen LogP contribution is 2.59. The topological polar surface area (TPSA) is 37.4 Å². The number of aryl methyl sites for hydroxylation is 3. The Balaban J connectivity index is 1.97. The zero-order valence-electron chi connectivity index (χ0n) is 14.3. The summed E-state index contributed by atoms with van der Waals surface area (Å²) in [5.41, 5.74) is 5.12. The lowest BCUT2D eigenvalue weighted by molar-refractivity contribution is -0.131. The van der Waals surface area contributed by atoms with Gasteiger partial charge in [0.1, 0.15) is 6.29 Å². The second kappa shape index (κ2) is 4.93. The van der Waals surface area contributed by atoms with Crippen molar-refractivity contribution in [2.75, 3.05) is 6.54 Å². The number of hydrogen-bond donors (Lipinski definition) is 0. The highest BCUT2D eigenvalue weighted by Gasteiger charge is 2.62. The standard InChI is InChI=1S/C20H25NO2/c1-12-7-15-5-4-6-21-19(23)9-18-16(11-22)14(3)10-20(18,21)17(15)8-13(12)2/h7-8,11,14,16,18H,4-6,9-10H2,1-3H3/t14-,16+,18-,20?/m0/s1. The Morgan fingerprint density at radius 2 is 2.00 bits per heavy atom. The maximum Gasteiger partial charge on any atom is 0.223 e. The van der Waals surface area contributed by atoms with E-state index in [9.17, 15) is 9.59 Å². The molecule has 0 bridgehead atoms. The first kappa shape index (κ1) is 14.9. The predicted octanol–water partition coefficient (Wildman–Crippen LogP) is 3.15. The molecule has 1 unspecified atom stereocenters. The monoisotopic (exact) mass is 311 g/mol. The van der Waals surface area contributed by atoms with E-state index in [1.807, 2.05) is 0 Å². The van der Waals surface area contributed by atoms with Crippen LogP contribution in [-0.2, 0) is 21.5 Å². The van der Waals surface area contributed by atoms with Crippen molar-refractivity contribution in [3.63, 3.8) is 0 Å². The lowest BCUT2D eigenvalue weighted by Gasteiger charge is -2.39. The summed E-state index contributed by atoms with van der Waals surface area (Å²) in [6.45, 7) is 7.34. The summed E-state index contributed by atoms with van der Waals surface area (Å²) in [5.74, 6) is 0.762. The van der Waals surface area contributed by atoms with E-state index >= 15 is 0 Å². The average Bonchev–Trinajstić information content (AvgIpc) is 2.86. The summed E-state index contributed by atoms with van der Waals surface area (Å²) < 4.78 is 0. The summed E-state index contributed by atoms with van der Waals surface area (Å²) in [4.78, 5) is 26.6. The molecular formula is C20H25NO2. The molecule has 1 aromatic carbocycles. The van der Waals surface area contributed by atoms with Crippen molar-refractivity contribution in [2.24, 2.45) is 17.8 Å². The molecule has 1 saturated carbocycles. The van der Waals surface area contributed by atoms with E-state index in [4.69, 9.17) is 0 Å². The number of fused-ring (bicyclic) bond motifs is 1. The van der Waals surface area contributed by atoms with Gasteiger partial charge in [-0.15, -0.1) is 0 Å². The minimum absolute atomic E-state index is 0.0107. The van der Waals surface area contributed by atoms with Crippen molar-refractivity contribution in [2.45, 2.75) is 52.0 Å². The van der Waals surface area contributed by atoms with Crippen LogP contribution in [0.2, 0.25) is 0 Å². The Bertz CT molecular complexity index is 695. The fraction of sp³-hybridized carbons (Fsp3) is 0.600. The molecule has 1 spiro atoms. The summed E-state index contributed by atoms with van der Waals surface area (Å²) in [7, 11) is 0. The van der Waals surface area contributed by atoms with Crippen molar-refractivity contribution in [1.29, 1.82) is 0 Å². The van der Waals surface area contributed by atoms with Gasteiger partial charge in [-0.05, 0) is 61.3 Å². The number of aldehydes is 1. The first-order valence-electron chi connectivity index (χ1n) is 8.85. The summed E-state index contributed by atoms with van der Waals surface area (Å²) in [5, 5.41) is 0. The normalized spacial score (nSPS) is 35.5. The van der Waals surface area contributed by atoms with Crippen molar-refractivity contribution in [1.82, 2.24) is 4.90 Å². The van der Waals surface area contributed by atoms with E-state index in [0.717, 1.165) is 32.1 Å². The van der Waals surface area contributed by atoms with Gasteiger partial charge in [0.2, 0.25) is 5.91 Å². The van der Waals surface area contributed by atoms with E-state index in [-0.39, 0.29) is 23.3 Å². The van der Waals surface area contributed by atoms with Gasteiger partial charge in [-0.1, -0.05) is 19.1 Å². The Morgan fingerprint density at radius 1 is 1.26 bits per heavy atom. The van der Waals surface area contributed by atoms with E-state index in [1.54, 1.807) is 0 Å². The molecule has 1 aliphatic carbocycles. The van der Waals surface area contributed by atoms with Crippen LogP contribution in [0, 0.1) is 31.6 Å². The maximum atomic E-state index is 12.7. The van der Waals surface area contributed by atoms with Crippen LogP contribution in [0.5, 0.6) is 0 Å². The third-order valence-electron chi connectivity index (χ3n) is 6.72. The SMILES string of the molecule is Cc1cc2c(cc1C)C13C[C@H](C)[C@@H](C=O)[C@@H]1CC(=O)N3CCC2. The summed E-state index contributed by atoms with van der Waals surface area (Å²) in [6.07, 6.45) is 4.65. The molecule has 2 heterocycles. The minimum atomic E-state index is -0.230. The quantitative estimate of drug-likeness (QED) is 0.747. The summed E-state index contributed by atoms with van der Waals surface area (Å²) in [6, 6.07) is 4.64. The molecule has 122 valence electrons.